The maximum atomic E-state index is 10.6. The Bertz CT molecular complexity index is 551. The Morgan fingerprint density at radius 1 is 1.44 bits per heavy atom. The smallest absolute Gasteiger partial charge is 0.271 e. The van der Waals surface area contributed by atoms with Crippen molar-refractivity contribution in [2.75, 3.05) is 18.4 Å². The number of unbranched alkanes of at least 4 members (excludes halogenated alkanes) is 1. The molecule has 18 heavy (non-hydrogen) atoms. The van der Waals surface area contributed by atoms with E-state index >= 15 is 0 Å². The largest absolute Gasteiger partial charge is 0.356 e. The molecular formula is C11H15N5O2. The number of aromatic nitrogens is 2. The number of nitrogens with zero attached hydrogens (tertiary/aromatic N) is 2. The van der Waals surface area contributed by atoms with Gasteiger partial charge in [0.05, 0.1) is 16.0 Å². The first kappa shape index (κ1) is 12.3. The Labute approximate surface area is 104 Å². The second-order valence-corrected chi connectivity index (χ2v) is 3.97. The minimum Gasteiger partial charge on any atom is -0.356 e. The first-order valence-electron chi connectivity index (χ1n) is 5.79. The lowest BCUT2D eigenvalue weighted by molar-refractivity contribution is -0.384. The van der Waals surface area contributed by atoms with E-state index in [-0.39, 0.29) is 5.69 Å². The van der Waals surface area contributed by atoms with E-state index in [1.165, 1.54) is 12.1 Å². The zero-order valence-corrected chi connectivity index (χ0v) is 9.85. The number of nitro groups is 1. The average molecular weight is 249 g/mol. The van der Waals surface area contributed by atoms with Crippen LogP contribution in [-0.2, 0) is 0 Å². The molecule has 0 aliphatic carbocycles. The third-order valence-corrected chi connectivity index (χ3v) is 2.60. The lowest BCUT2D eigenvalue weighted by Crippen LogP contribution is -2.06. The van der Waals surface area contributed by atoms with Crippen molar-refractivity contribution in [2.24, 2.45) is 5.73 Å². The molecule has 0 spiro atoms. The molecule has 1 aromatic carbocycles. The summed E-state index contributed by atoms with van der Waals surface area (Å²) in [5, 5.41) is 13.8. The molecule has 0 bridgehead atoms. The molecule has 0 saturated heterocycles. The lowest BCUT2D eigenvalue weighted by atomic mass is 10.3. The van der Waals surface area contributed by atoms with Gasteiger partial charge in [-0.05, 0) is 25.5 Å². The summed E-state index contributed by atoms with van der Waals surface area (Å²) in [5.74, 6) is 0.627. The normalized spacial score (nSPS) is 10.7. The highest BCUT2D eigenvalue weighted by Crippen LogP contribution is 2.20. The van der Waals surface area contributed by atoms with Crippen molar-refractivity contribution in [2.45, 2.75) is 12.8 Å². The van der Waals surface area contributed by atoms with E-state index in [9.17, 15) is 10.1 Å². The summed E-state index contributed by atoms with van der Waals surface area (Å²) in [4.78, 5) is 17.5. The van der Waals surface area contributed by atoms with Crippen LogP contribution in [0.3, 0.4) is 0 Å². The Morgan fingerprint density at radius 3 is 3.00 bits per heavy atom. The average Bonchev–Trinajstić information content (AvgIpc) is 2.76. The van der Waals surface area contributed by atoms with Crippen LogP contribution in [0.1, 0.15) is 12.8 Å². The molecular weight excluding hydrogens is 234 g/mol. The number of hydrogen-bond donors (Lipinski definition) is 3. The summed E-state index contributed by atoms with van der Waals surface area (Å²) in [6.07, 6.45) is 1.92. The van der Waals surface area contributed by atoms with Gasteiger partial charge in [0.2, 0.25) is 5.95 Å². The summed E-state index contributed by atoms with van der Waals surface area (Å²) in [6, 6.07) is 4.56. The molecule has 2 rings (SSSR count). The van der Waals surface area contributed by atoms with E-state index in [1.807, 2.05) is 0 Å². The molecule has 96 valence electrons. The Balaban J connectivity index is 2.09. The first-order chi connectivity index (χ1) is 8.70. The minimum absolute atomic E-state index is 0.0563. The van der Waals surface area contributed by atoms with Gasteiger partial charge in [-0.25, -0.2) is 4.98 Å². The number of nitro benzene ring substituents is 1. The Morgan fingerprint density at radius 2 is 2.28 bits per heavy atom. The third kappa shape index (κ3) is 2.75. The minimum atomic E-state index is -0.422. The first-order valence-corrected chi connectivity index (χ1v) is 5.79. The highest BCUT2D eigenvalue weighted by molar-refractivity contribution is 5.79. The molecule has 1 aromatic heterocycles. The molecule has 7 nitrogen and oxygen atoms in total. The van der Waals surface area contributed by atoms with E-state index in [2.05, 4.69) is 15.3 Å². The monoisotopic (exact) mass is 249 g/mol. The molecule has 0 saturated carbocycles. The van der Waals surface area contributed by atoms with Gasteiger partial charge < -0.3 is 16.0 Å². The van der Waals surface area contributed by atoms with Crippen molar-refractivity contribution >= 4 is 22.7 Å². The van der Waals surface area contributed by atoms with Gasteiger partial charge in [0, 0.05) is 18.7 Å². The second-order valence-electron chi connectivity index (χ2n) is 3.97. The molecule has 2 aromatic rings. The number of fused-ring (bicyclic) bond motifs is 1. The van der Waals surface area contributed by atoms with Gasteiger partial charge in [-0.3, -0.25) is 10.1 Å². The van der Waals surface area contributed by atoms with Crippen LogP contribution >= 0.6 is 0 Å². The van der Waals surface area contributed by atoms with E-state index in [0.717, 1.165) is 19.4 Å². The number of rotatable bonds is 6. The molecule has 0 atom stereocenters. The molecule has 7 heteroatoms. The van der Waals surface area contributed by atoms with Crippen LogP contribution in [0.4, 0.5) is 11.6 Å². The Hall–Kier alpha value is -2.15. The van der Waals surface area contributed by atoms with Gasteiger partial charge in [-0.15, -0.1) is 0 Å². The highest BCUT2D eigenvalue weighted by atomic mass is 16.6. The van der Waals surface area contributed by atoms with E-state index in [1.54, 1.807) is 6.07 Å². The highest BCUT2D eigenvalue weighted by Gasteiger charge is 2.09. The summed E-state index contributed by atoms with van der Waals surface area (Å²) >= 11 is 0. The van der Waals surface area contributed by atoms with Crippen LogP contribution in [0, 0.1) is 10.1 Å². The van der Waals surface area contributed by atoms with Gasteiger partial charge >= 0.3 is 0 Å². The number of non-ortho nitro benzene ring substituents is 1. The molecule has 0 unspecified atom stereocenters. The van der Waals surface area contributed by atoms with Gasteiger partial charge in [0.25, 0.3) is 5.69 Å². The molecule has 1 heterocycles. The molecule has 0 amide bonds. The van der Waals surface area contributed by atoms with Crippen LogP contribution in [0.5, 0.6) is 0 Å². The zero-order valence-electron chi connectivity index (χ0n) is 9.85. The fourth-order valence-electron chi connectivity index (χ4n) is 1.67. The van der Waals surface area contributed by atoms with Gasteiger partial charge in [-0.1, -0.05) is 0 Å². The summed E-state index contributed by atoms with van der Waals surface area (Å²) in [6.45, 7) is 1.45. The van der Waals surface area contributed by atoms with E-state index in [0.29, 0.717) is 23.5 Å². The maximum Gasteiger partial charge on any atom is 0.271 e. The summed E-state index contributed by atoms with van der Waals surface area (Å²) in [5.41, 5.74) is 6.82. The van der Waals surface area contributed by atoms with Crippen molar-refractivity contribution in [1.82, 2.24) is 9.97 Å². The van der Waals surface area contributed by atoms with Crippen molar-refractivity contribution in [3.05, 3.63) is 28.3 Å². The van der Waals surface area contributed by atoms with Crippen molar-refractivity contribution < 1.29 is 4.92 Å². The fraction of sp³-hybridized carbons (Fsp3) is 0.364. The predicted molar refractivity (Wildman–Crippen MR) is 69.5 cm³/mol. The fourth-order valence-corrected chi connectivity index (χ4v) is 1.67. The number of hydrogen-bond acceptors (Lipinski definition) is 5. The second kappa shape index (κ2) is 5.46. The Kier molecular flexibility index (Phi) is 3.73. The third-order valence-electron chi connectivity index (χ3n) is 2.60. The van der Waals surface area contributed by atoms with E-state index in [4.69, 9.17) is 5.73 Å². The zero-order chi connectivity index (χ0) is 13.0. The number of imidazole rings is 1. The summed E-state index contributed by atoms with van der Waals surface area (Å²) < 4.78 is 0. The lowest BCUT2D eigenvalue weighted by Gasteiger charge is -2.00. The van der Waals surface area contributed by atoms with E-state index < -0.39 is 4.92 Å². The molecule has 0 radical (unpaired) electrons. The number of nitrogens with one attached hydrogen (secondary N) is 2. The maximum absolute atomic E-state index is 10.6. The summed E-state index contributed by atoms with van der Waals surface area (Å²) in [7, 11) is 0. The van der Waals surface area contributed by atoms with Crippen LogP contribution in [-0.4, -0.2) is 28.0 Å². The molecule has 0 aliphatic rings. The van der Waals surface area contributed by atoms with Gasteiger partial charge in [-0.2, -0.15) is 0 Å². The quantitative estimate of drug-likeness (QED) is 0.409. The van der Waals surface area contributed by atoms with Gasteiger partial charge in [0.1, 0.15) is 0 Å². The van der Waals surface area contributed by atoms with Gasteiger partial charge in [0.15, 0.2) is 0 Å². The van der Waals surface area contributed by atoms with Crippen molar-refractivity contribution in [3.63, 3.8) is 0 Å². The topological polar surface area (TPSA) is 110 Å². The van der Waals surface area contributed by atoms with Crippen LogP contribution in [0.2, 0.25) is 0 Å². The van der Waals surface area contributed by atoms with Crippen molar-refractivity contribution in [1.29, 1.82) is 0 Å². The van der Waals surface area contributed by atoms with Crippen LogP contribution in [0.15, 0.2) is 18.2 Å². The standard InChI is InChI=1S/C11H15N5O2/c12-5-1-2-6-13-11-14-9-4-3-8(16(17)18)7-10(9)15-11/h3-4,7H,1-2,5-6,12H2,(H2,13,14,15). The molecule has 0 fully saturated rings. The number of aromatic amines is 1. The van der Waals surface area contributed by atoms with Crippen LogP contribution in [0.25, 0.3) is 11.0 Å². The number of nitrogens with two attached hydrogens (primary N) is 1. The molecule has 0 aliphatic heterocycles. The van der Waals surface area contributed by atoms with Crippen LogP contribution < -0.4 is 11.1 Å². The predicted octanol–water partition coefficient (Wildman–Crippen LogP) is 1.62. The number of anilines is 1. The van der Waals surface area contributed by atoms with Crippen molar-refractivity contribution in [3.8, 4) is 0 Å². The molecule has 4 N–H and O–H groups in total. The number of benzene rings is 1. The number of H-pyrrole nitrogens is 1. The SMILES string of the molecule is NCCCCNc1nc2ccc([N+](=O)[O-])cc2[nH]1.